The van der Waals surface area contributed by atoms with Gasteiger partial charge in [0.2, 0.25) is 0 Å². The SMILES string of the molecule is CNC(=O)c1cccc(-c2ccc(NCC(C)(C)c3ccc(F)cc3)nn2)c1. The van der Waals surface area contributed by atoms with Crippen molar-refractivity contribution in [3.05, 3.63) is 77.6 Å². The van der Waals surface area contributed by atoms with Crippen LogP contribution in [0.4, 0.5) is 10.2 Å². The van der Waals surface area contributed by atoms with E-state index in [0.717, 1.165) is 11.1 Å². The number of hydrogen-bond donors (Lipinski definition) is 2. The molecule has 0 radical (unpaired) electrons. The maximum atomic E-state index is 13.1. The Bertz CT molecular complexity index is 953. The highest BCUT2D eigenvalue weighted by Gasteiger charge is 2.20. The molecule has 0 saturated carbocycles. The molecule has 0 aliphatic rings. The standard InChI is InChI=1S/C22H23FN4O/c1-22(2,17-7-9-18(23)10-8-17)14-25-20-12-11-19(26-27-20)15-5-4-6-16(13-15)21(28)24-3/h4-13H,14H2,1-3H3,(H,24,28)(H,25,27). The predicted molar refractivity (Wildman–Crippen MR) is 109 cm³/mol. The zero-order valence-electron chi connectivity index (χ0n) is 16.2. The molecule has 0 aliphatic heterocycles. The van der Waals surface area contributed by atoms with Crippen LogP contribution in [0, 0.1) is 5.82 Å². The fourth-order valence-electron chi connectivity index (χ4n) is 2.86. The number of anilines is 1. The van der Waals surface area contributed by atoms with Gasteiger partial charge in [0.15, 0.2) is 0 Å². The number of aromatic nitrogens is 2. The van der Waals surface area contributed by atoms with Crippen LogP contribution in [0.2, 0.25) is 0 Å². The summed E-state index contributed by atoms with van der Waals surface area (Å²) in [5.41, 5.74) is 2.93. The van der Waals surface area contributed by atoms with Crippen LogP contribution in [0.1, 0.15) is 29.8 Å². The fraction of sp³-hybridized carbons (Fsp3) is 0.227. The topological polar surface area (TPSA) is 66.9 Å². The molecule has 28 heavy (non-hydrogen) atoms. The number of amides is 1. The first-order valence-corrected chi connectivity index (χ1v) is 9.05. The molecule has 0 spiro atoms. The molecule has 0 bridgehead atoms. The Labute approximate surface area is 164 Å². The maximum Gasteiger partial charge on any atom is 0.251 e. The van der Waals surface area contributed by atoms with Crippen LogP contribution in [0.25, 0.3) is 11.3 Å². The third-order valence-corrected chi connectivity index (χ3v) is 4.65. The van der Waals surface area contributed by atoms with Gasteiger partial charge in [-0.3, -0.25) is 4.79 Å². The first-order chi connectivity index (χ1) is 13.4. The van der Waals surface area contributed by atoms with Crippen LogP contribution in [0.3, 0.4) is 0 Å². The molecule has 1 aromatic heterocycles. The Hall–Kier alpha value is -3.28. The fourth-order valence-corrected chi connectivity index (χ4v) is 2.86. The Morgan fingerprint density at radius 2 is 1.79 bits per heavy atom. The Morgan fingerprint density at radius 3 is 2.43 bits per heavy atom. The summed E-state index contributed by atoms with van der Waals surface area (Å²) in [6.07, 6.45) is 0. The van der Waals surface area contributed by atoms with E-state index in [2.05, 4.69) is 34.7 Å². The van der Waals surface area contributed by atoms with Crippen molar-refractivity contribution >= 4 is 11.7 Å². The van der Waals surface area contributed by atoms with Crippen LogP contribution in [0.5, 0.6) is 0 Å². The van der Waals surface area contributed by atoms with E-state index >= 15 is 0 Å². The summed E-state index contributed by atoms with van der Waals surface area (Å²) < 4.78 is 13.1. The third kappa shape index (κ3) is 4.52. The lowest BCUT2D eigenvalue weighted by atomic mass is 9.84. The molecular formula is C22H23FN4O. The highest BCUT2D eigenvalue weighted by molar-refractivity contribution is 5.95. The van der Waals surface area contributed by atoms with Crippen LogP contribution in [0.15, 0.2) is 60.7 Å². The quantitative estimate of drug-likeness (QED) is 0.680. The minimum atomic E-state index is -0.241. The molecule has 1 heterocycles. The average Bonchev–Trinajstić information content (AvgIpc) is 2.72. The van der Waals surface area contributed by atoms with Gasteiger partial charge in [-0.15, -0.1) is 10.2 Å². The molecule has 2 N–H and O–H groups in total. The zero-order valence-corrected chi connectivity index (χ0v) is 16.2. The van der Waals surface area contributed by atoms with Gasteiger partial charge in [-0.25, -0.2) is 4.39 Å². The number of rotatable bonds is 6. The lowest BCUT2D eigenvalue weighted by Crippen LogP contribution is -2.28. The van der Waals surface area contributed by atoms with Gasteiger partial charge in [0.05, 0.1) is 5.69 Å². The average molecular weight is 378 g/mol. The molecule has 0 aliphatic carbocycles. The second-order valence-corrected chi connectivity index (χ2v) is 7.21. The van der Waals surface area contributed by atoms with E-state index < -0.39 is 0 Å². The predicted octanol–water partition coefficient (Wildman–Crippen LogP) is 4.03. The minimum Gasteiger partial charge on any atom is -0.368 e. The van der Waals surface area contributed by atoms with Gasteiger partial charge < -0.3 is 10.6 Å². The van der Waals surface area contributed by atoms with E-state index in [9.17, 15) is 9.18 Å². The minimum absolute atomic E-state index is 0.142. The summed E-state index contributed by atoms with van der Waals surface area (Å²) in [6, 6.07) is 17.5. The highest BCUT2D eigenvalue weighted by Crippen LogP contribution is 2.24. The van der Waals surface area contributed by atoms with E-state index in [1.54, 1.807) is 31.3 Å². The monoisotopic (exact) mass is 378 g/mol. The number of nitrogens with zero attached hydrogens (tertiary/aromatic N) is 2. The molecule has 0 saturated heterocycles. The Kier molecular flexibility index (Phi) is 5.68. The molecule has 0 atom stereocenters. The second kappa shape index (κ2) is 8.17. The van der Waals surface area contributed by atoms with Crippen molar-refractivity contribution in [3.8, 4) is 11.3 Å². The van der Waals surface area contributed by atoms with Gasteiger partial charge in [0, 0.05) is 30.1 Å². The molecule has 3 rings (SSSR count). The lowest BCUT2D eigenvalue weighted by Gasteiger charge is -2.25. The second-order valence-electron chi connectivity index (χ2n) is 7.21. The molecule has 0 unspecified atom stereocenters. The van der Waals surface area contributed by atoms with Crippen molar-refractivity contribution in [2.24, 2.45) is 0 Å². The molecule has 3 aromatic rings. The Balaban J connectivity index is 1.69. The van der Waals surface area contributed by atoms with Crippen LogP contribution >= 0.6 is 0 Å². The molecule has 2 aromatic carbocycles. The first-order valence-electron chi connectivity index (χ1n) is 9.05. The van der Waals surface area contributed by atoms with Crippen molar-refractivity contribution in [2.75, 3.05) is 18.9 Å². The van der Waals surface area contributed by atoms with Crippen molar-refractivity contribution < 1.29 is 9.18 Å². The van der Waals surface area contributed by atoms with Gasteiger partial charge in [-0.1, -0.05) is 38.1 Å². The first kappa shape index (κ1) is 19.5. The van der Waals surface area contributed by atoms with Crippen LogP contribution in [-0.2, 0) is 5.41 Å². The third-order valence-electron chi connectivity index (χ3n) is 4.65. The lowest BCUT2D eigenvalue weighted by molar-refractivity contribution is 0.0963. The number of carbonyl (C=O) groups excluding carboxylic acids is 1. The van der Waals surface area contributed by atoms with E-state index in [4.69, 9.17) is 0 Å². The summed E-state index contributed by atoms with van der Waals surface area (Å²) in [5.74, 6) is 0.270. The largest absolute Gasteiger partial charge is 0.368 e. The summed E-state index contributed by atoms with van der Waals surface area (Å²) in [5, 5.41) is 14.4. The van der Waals surface area contributed by atoms with Crippen molar-refractivity contribution in [1.29, 1.82) is 0 Å². The van der Waals surface area contributed by atoms with E-state index in [1.807, 2.05) is 24.3 Å². The van der Waals surface area contributed by atoms with Crippen molar-refractivity contribution in [3.63, 3.8) is 0 Å². The van der Waals surface area contributed by atoms with Crippen LogP contribution in [-0.4, -0.2) is 29.7 Å². The van der Waals surface area contributed by atoms with Gasteiger partial charge in [0.25, 0.3) is 5.91 Å². The smallest absolute Gasteiger partial charge is 0.251 e. The Morgan fingerprint density at radius 1 is 1.04 bits per heavy atom. The number of carbonyl (C=O) groups is 1. The van der Waals surface area contributed by atoms with Crippen LogP contribution < -0.4 is 10.6 Å². The molecule has 6 heteroatoms. The van der Waals surface area contributed by atoms with E-state index in [1.165, 1.54) is 12.1 Å². The van der Waals surface area contributed by atoms with Crippen molar-refractivity contribution in [2.45, 2.75) is 19.3 Å². The molecular weight excluding hydrogens is 355 g/mol. The summed E-state index contributed by atoms with van der Waals surface area (Å²) >= 11 is 0. The van der Waals surface area contributed by atoms with Gasteiger partial charge >= 0.3 is 0 Å². The number of halogens is 1. The highest BCUT2D eigenvalue weighted by atomic mass is 19.1. The van der Waals surface area contributed by atoms with Gasteiger partial charge in [-0.05, 0) is 42.0 Å². The molecule has 5 nitrogen and oxygen atoms in total. The molecule has 0 fully saturated rings. The summed E-state index contributed by atoms with van der Waals surface area (Å²) in [4.78, 5) is 11.8. The number of benzene rings is 2. The molecule has 144 valence electrons. The summed E-state index contributed by atoms with van der Waals surface area (Å²) in [6.45, 7) is 4.79. The number of hydrogen-bond acceptors (Lipinski definition) is 4. The maximum absolute atomic E-state index is 13.1. The van der Waals surface area contributed by atoms with Gasteiger partial charge in [0.1, 0.15) is 11.6 Å². The zero-order chi connectivity index (χ0) is 20.1. The molecule has 1 amide bonds. The van der Waals surface area contributed by atoms with E-state index in [0.29, 0.717) is 23.6 Å². The van der Waals surface area contributed by atoms with Gasteiger partial charge in [-0.2, -0.15) is 0 Å². The normalized spacial score (nSPS) is 11.1. The van der Waals surface area contributed by atoms with Crippen molar-refractivity contribution in [1.82, 2.24) is 15.5 Å². The summed E-state index contributed by atoms with van der Waals surface area (Å²) in [7, 11) is 1.60. The number of nitrogens with one attached hydrogen (secondary N) is 2. The van der Waals surface area contributed by atoms with E-state index in [-0.39, 0.29) is 17.1 Å².